The smallest absolute Gasteiger partial charge is 0.336 e. The molecule has 0 fully saturated rings. The van der Waals surface area contributed by atoms with E-state index in [0.717, 1.165) is 10.9 Å². The van der Waals surface area contributed by atoms with E-state index < -0.39 is 5.63 Å². The van der Waals surface area contributed by atoms with Gasteiger partial charge in [0.25, 0.3) is 0 Å². The van der Waals surface area contributed by atoms with Crippen molar-refractivity contribution in [2.75, 3.05) is 0 Å². The van der Waals surface area contributed by atoms with E-state index in [9.17, 15) is 9.59 Å². The Hall–Kier alpha value is -2.43. The molecule has 0 N–H and O–H groups in total. The van der Waals surface area contributed by atoms with Crippen LogP contribution in [0.3, 0.4) is 0 Å². The molecule has 0 aliphatic rings. The van der Waals surface area contributed by atoms with Gasteiger partial charge in [-0.3, -0.25) is 4.79 Å². The van der Waals surface area contributed by atoms with Crippen LogP contribution in [-0.4, -0.2) is 11.5 Å². The number of oxime groups is 1. The molecule has 0 spiro atoms. The minimum absolute atomic E-state index is 0.107. The molecule has 0 unspecified atom stereocenters. The van der Waals surface area contributed by atoms with Gasteiger partial charge < -0.3 is 9.25 Å². The lowest BCUT2D eigenvalue weighted by atomic mass is 10.1. The molecule has 20 heavy (non-hydrogen) atoms. The molecular weight excluding hydrogens is 258 g/mol. The van der Waals surface area contributed by atoms with Crippen LogP contribution < -0.4 is 5.63 Å². The third-order valence-electron chi connectivity index (χ3n) is 2.92. The zero-order valence-electron chi connectivity index (χ0n) is 11.6. The Balaban J connectivity index is 2.32. The van der Waals surface area contributed by atoms with E-state index >= 15 is 0 Å². The summed E-state index contributed by atoms with van der Waals surface area (Å²) in [6.45, 7) is 5.01. The predicted molar refractivity (Wildman–Crippen MR) is 75.8 cm³/mol. The van der Waals surface area contributed by atoms with Gasteiger partial charge in [0.15, 0.2) is 5.78 Å². The molecule has 0 amide bonds. The third kappa shape index (κ3) is 3.12. The van der Waals surface area contributed by atoms with Crippen molar-refractivity contribution in [2.45, 2.75) is 27.4 Å². The Labute approximate surface area is 115 Å². The van der Waals surface area contributed by atoms with Gasteiger partial charge in [0.2, 0.25) is 0 Å². The highest BCUT2D eigenvalue weighted by Crippen LogP contribution is 2.19. The fraction of sp³-hybridized carbons (Fsp3) is 0.267. The number of aryl methyl sites for hydroxylation is 1. The van der Waals surface area contributed by atoms with Crippen LogP contribution in [0.25, 0.3) is 11.0 Å². The fourth-order valence-corrected chi connectivity index (χ4v) is 1.72. The first-order valence-corrected chi connectivity index (χ1v) is 6.18. The fourth-order valence-electron chi connectivity index (χ4n) is 1.72. The Bertz CT molecular complexity index is 743. The highest BCUT2D eigenvalue weighted by atomic mass is 16.6. The summed E-state index contributed by atoms with van der Waals surface area (Å²) in [7, 11) is 0. The number of nitrogens with zero attached hydrogens (tertiary/aromatic N) is 1. The number of hydrogen-bond acceptors (Lipinski definition) is 5. The van der Waals surface area contributed by atoms with Gasteiger partial charge in [-0.2, -0.15) is 0 Å². The Morgan fingerprint density at radius 1 is 1.30 bits per heavy atom. The van der Waals surface area contributed by atoms with Gasteiger partial charge in [0.05, 0.1) is 0 Å². The molecule has 1 heterocycles. The van der Waals surface area contributed by atoms with E-state index in [1.165, 1.54) is 13.0 Å². The number of rotatable bonds is 4. The van der Waals surface area contributed by atoms with Gasteiger partial charge in [-0.05, 0) is 25.5 Å². The second-order valence-electron chi connectivity index (χ2n) is 4.60. The van der Waals surface area contributed by atoms with E-state index in [-0.39, 0.29) is 18.1 Å². The lowest BCUT2D eigenvalue weighted by molar-refractivity contribution is -0.111. The van der Waals surface area contributed by atoms with Gasteiger partial charge in [-0.1, -0.05) is 17.3 Å². The molecule has 0 radical (unpaired) electrons. The molecule has 104 valence electrons. The summed E-state index contributed by atoms with van der Waals surface area (Å²) in [4.78, 5) is 27.6. The molecule has 0 saturated carbocycles. The first kappa shape index (κ1) is 14.0. The van der Waals surface area contributed by atoms with Crippen molar-refractivity contribution >= 4 is 22.5 Å². The Kier molecular flexibility index (Phi) is 3.98. The average Bonchev–Trinajstić information content (AvgIpc) is 2.37. The second-order valence-corrected chi connectivity index (χ2v) is 4.60. The SMILES string of the molecule is CC(=O)/C(C)=N/OCc1cc(=O)oc2cc(C)ccc12. The standard InChI is InChI=1S/C15H15NO4/c1-9-4-5-13-12(7-15(18)20-14(13)6-9)8-19-16-10(2)11(3)17/h4-7H,8H2,1-3H3/b16-10+. The van der Waals surface area contributed by atoms with Crippen LogP contribution in [0.2, 0.25) is 0 Å². The van der Waals surface area contributed by atoms with Crippen molar-refractivity contribution in [1.82, 2.24) is 0 Å². The van der Waals surface area contributed by atoms with Crippen LogP contribution in [0.5, 0.6) is 0 Å². The molecule has 1 aromatic heterocycles. The summed E-state index contributed by atoms with van der Waals surface area (Å²) in [6.07, 6.45) is 0. The lowest BCUT2D eigenvalue weighted by Gasteiger charge is -2.05. The highest BCUT2D eigenvalue weighted by Gasteiger charge is 2.07. The summed E-state index contributed by atoms with van der Waals surface area (Å²) < 4.78 is 5.15. The summed E-state index contributed by atoms with van der Waals surface area (Å²) >= 11 is 0. The van der Waals surface area contributed by atoms with Gasteiger partial charge >= 0.3 is 5.63 Å². The van der Waals surface area contributed by atoms with Crippen LogP contribution in [0.1, 0.15) is 25.0 Å². The van der Waals surface area contributed by atoms with E-state index in [1.807, 2.05) is 19.1 Å². The summed E-state index contributed by atoms with van der Waals surface area (Å²) in [6, 6.07) is 6.96. The van der Waals surface area contributed by atoms with Gasteiger partial charge in [0.1, 0.15) is 17.9 Å². The highest BCUT2D eigenvalue weighted by molar-refractivity contribution is 6.37. The Morgan fingerprint density at radius 2 is 2.05 bits per heavy atom. The number of carbonyl (C=O) groups is 1. The zero-order chi connectivity index (χ0) is 14.7. The number of hydrogen-bond donors (Lipinski definition) is 0. The van der Waals surface area contributed by atoms with E-state index in [4.69, 9.17) is 9.25 Å². The monoisotopic (exact) mass is 273 g/mol. The van der Waals surface area contributed by atoms with Gasteiger partial charge in [0, 0.05) is 23.9 Å². The van der Waals surface area contributed by atoms with Crippen LogP contribution in [0.15, 0.2) is 38.6 Å². The number of benzene rings is 1. The first-order chi connectivity index (χ1) is 9.47. The topological polar surface area (TPSA) is 68.9 Å². The minimum atomic E-state index is -0.436. The number of fused-ring (bicyclic) bond motifs is 1. The summed E-state index contributed by atoms with van der Waals surface area (Å²) in [5.74, 6) is -0.155. The lowest BCUT2D eigenvalue weighted by Crippen LogP contribution is -2.06. The predicted octanol–water partition coefficient (Wildman–Crippen LogP) is 2.58. The van der Waals surface area contributed by atoms with E-state index in [1.54, 1.807) is 13.0 Å². The van der Waals surface area contributed by atoms with Crippen LogP contribution in [0, 0.1) is 6.92 Å². The van der Waals surface area contributed by atoms with E-state index in [2.05, 4.69) is 5.16 Å². The summed E-state index contributed by atoms with van der Waals surface area (Å²) in [5, 5.41) is 4.50. The molecule has 2 aromatic rings. The van der Waals surface area contributed by atoms with Crippen molar-refractivity contribution in [1.29, 1.82) is 0 Å². The molecule has 0 aliphatic carbocycles. The van der Waals surface area contributed by atoms with Crippen molar-refractivity contribution in [3.63, 3.8) is 0 Å². The maximum Gasteiger partial charge on any atom is 0.336 e. The molecule has 5 nitrogen and oxygen atoms in total. The number of carbonyl (C=O) groups excluding carboxylic acids is 1. The van der Waals surface area contributed by atoms with Crippen molar-refractivity contribution < 1.29 is 14.0 Å². The van der Waals surface area contributed by atoms with E-state index in [0.29, 0.717) is 11.1 Å². The molecule has 5 heteroatoms. The van der Waals surface area contributed by atoms with Crippen LogP contribution in [-0.2, 0) is 16.2 Å². The number of ketones is 1. The summed E-state index contributed by atoms with van der Waals surface area (Å²) in [5.41, 5.74) is 2.05. The number of Topliss-reactive ketones (excluding diaryl/α,β-unsaturated/α-hetero) is 1. The molecule has 0 bridgehead atoms. The normalized spacial score (nSPS) is 11.7. The van der Waals surface area contributed by atoms with Crippen LogP contribution in [0.4, 0.5) is 0 Å². The molecular formula is C15H15NO4. The quantitative estimate of drug-likeness (QED) is 0.487. The largest absolute Gasteiger partial charge is 0.423 e. The molecule has 1 aromatic carbocycles. The first-order valence-electron chi connectivity index (χ1n) is 6.18. The van der Waals surface area contributed by atoms with Gasteiger partial charge in [-0.25, -0.2) is 4.79 Å². The van der Waals surface area contributed by atoms with Gasteiger partial charge in [-0.15, -0.1) is 0 Å². The minimum Gasteiger partial charge on any atom is -0.423 e. The van der Waals surface area contributed by atoms with Crippen LogP contribution >= 0.6 is 0 Å². The average molecular weight is 273 g/mol. The zero-order valence-corrected chi connectivity index (χ0v) is 11.6. The Morgan fingerprint density at radius 3 is 2.75 bits per heavy atom. The van der Waals surface area contributed by atoms with Crippen molar-refractivity contribution in [3.05, 3.63) is 45.8 Å². The molecule has 2 rings (SSSR count). The second kappa shape index (κ2) is 5.69. The molecule has 0 saturated heterocycles. The maximum atomic E-state index is 11.5. The van der Waals surface area contributed by atoms with Crippen molar-refractivity contribution in [3.8, 4) is 0 Å². The maximum absolute atomic E-state index is 11.5. The van der Waals surface area contributed by atoms with Crippen molar-refractivity contribution in [2.24, 2.45) is 5.16 Å². The molecule has 0 aliphatic heterocycles. The molecule has 0 atom stereocenters. The third-order valence-corrected chi connectivity index (χ3v) is 2.92.